The molecule has 0 aliphatic carbocycles. The Morgan fingerprint density at radius 1 is 1.27 bits per heavy atom. The van der Waals surface area contributed by atoms with Crippen molar-refractivity contribution in [1.82, 2.24) is 10.6 Å². The predicted octanol–water partition coefficient (Wildman–Crippen LogP) is 3.67. The standard InChI is InChI=1S/C17H26N4.HI/c1-13(2)8-9-14(3)21-17(19-4)20-12-16-7-5-6-15(10-16)11-18;/h5-7,10,13-14H,8-9,12H2,1-4H3,(H2,19,20,21);1H. The van der Waals surface area contributed by atoms with Crippen molar-refractivity contribution in [3.8, 4) is 6.07 Å². The molecule has 0 bridgehead atoms. The van der Waals surface area contributed by atoms with Crippen molar-refractivity contribution < 1.29 is 0 Å². The van der Waals surface area contributed by atoms with Gasteiger partial charge in [-0.15, -0.1) is 24.0 Å². The van der Waals surface area contributed by atoms with Crippen LogP contribution in [0.15, 0.2) is 29.3 Å². The minimum Gasteiger partial charge on any atom is -0.354 e. The monoisotopic (exact) mass is 414 g/mol. The molecule has 1 aromatic rings. The first-order chi connectivity index (χ1) is 10.0. The van der Waals surface area contributed by atoms with Gasteiger partial charge in [0.1, 0.15) is 0 Å². The molecule has 1 atom stereocenters. The number of aliphatic imine (C=N–C) groups is 1. The molecule has 0 aromatic heterocycles. The van der Waals surface area contributed by atoms with Crippen LogP contribution in [-0.2, 0) is 6.54 Å². The van der Waals surface area contributed by atoms with Crippen molar-refractivity contribution in [1.29, 1.82) is 5.26 Å². The molecule has 122 valence electrons. The SMILES string of the molecule is CN=C(NCc1cccc(C#N)c1)NC(C)CCC(C)C.I. The molecule has 2 N–H and O–H groups in total. The van der Waals surface area contributed by atoms with E-state index in [1.807, 2.05) is 24.3 Å². The number of benzene rings is 1. The van der Waals surface area contributed by atoms with Crippen molar-refractivity contribution in [3.05, 3.63) is 35.4 Å². The van der Waals surface area contributed by atoms with Crippen LogP contribution in [0, 0.1) is 17.2 Å². The van der Waals surface area contributed by atoms with E-state index in [1.54, 1.807) is 7.05 Å². The third-order valence-electron chi connectivity index (χ3n) is 3.30. The van der Waals surface area contributed by atoms with Gasteiger partial charge in [0.15, 0.2) is 5.96 Å². The van der Waals surface area contributed by atoms with Crippen LogP contribution in [0.4, 0.5) is 0 Å². The van der Waals surface area contributed by atoms with Gasteiger partial charge in [-0.1, -0.05) is 26.0 Å². The number of nitriles is 1. The molecule has 22 heavy (non-hydrogen) atoms. The number of hydrogen-bond donors (Lipinski definition) is 2. The van der Waals surface area contributed by atoms with E-state index >= 15 is 0 Å². The Kier molecular flexibility index (Phi) is 10.6. The molecule has 0 aliphatic heterocycles. The maximum atomic E-state index is 8.90. The van der Waals surface area contributed by atoms with E-state index < -0.39 is 0 Å². The molecule has 0 heterocycles. The van der Waals surface area contributed by atoms with E-state index in [4.69, 9.17) is 5.26 Å². The molecule has 0 saturated heterocycles. The Bertz CT molecular complexity index is 506. The Labute approximate surface area is 151 Å². The van der Waals surface area contributed by atoms with Gasteiger partial charge in [-0.3, -0.25) is 4.99 Å². The second-order valence-electron chi connectivity index (χ2n) is 5.75. The lowest BCUT2D eigenvalue weighted by Crippen LogP contribution is -2.41. The predicted molar refractivity (Wildman–Crippen MR) is 103 cm³/mol. The second kappa shape index (κ2) is 11.3. The lowest BCUT2D eigenvalue weighted by atomic mass is 10.0. The van der Waals surface area contributed by atoms with Crippen LogP contribution in [-0.4, -0.2) is 19.0 Å². The van der Waals surface area contributed by atoms with Crippen LogP contribution in [0.5, 0.6) is 0 Å². The molecule has 0 aliphatic rings. The largest absolute Gasteiger partial charge is 0.354 e. The highest BCUT2D eigenvalue weighted by molar-refractivity contribution is 14.0. The maximum Gasteiger partial charge on any atom is 0.191 e. The Morgan fingerprint density at radius 2 is 2.00 bits per heavy atom. The number of rotatable bonds is 6. The van der Waals surface area contributed by atoms with Crippen LogP contribution >= 0.6 is 24.0 Å². The zero-order chi connectivity index (χ0) is 15.7. The van der Waals surface area contributed by atoms with Gasteiger partial charge in [0.2, 0.25) is 0 Å². The van der Waals surface area contributed by atoms with E-state index in [1.165, 1.54) is 6.42 Å². The van der Waals surface area contributed by atoms with Crippen molar-refractivity contribution in [3.63, 3.8) is 0 Å². The fraction of sp³-hybridized carbons (Fsp3) is 0.529. The summed E-state index contributed by atoms with van der Waals surface area (Å²) < 4.78 is 0. The van der Waals surface area contributed by atoms with Gasteiger partial charge in [0.25, 0.3) is 0 Å². The molecule has 0 amide bonds. The highest BCUT2D eigenvalue weighted by Gasteiger charge is 2.06. The van der Waals surface area contributed by atoms with Gasteiger partial charge in [0, 0.05) is 19.6 Å². The van der Waals surface area contributed by atoms with E-state index in [-0.39, 0.29) is 24.0 Å². The minimum atomic E-state index is 0. The Morgan fingerprint density at radius 3 is 2.59 bits per heavy atom. The van der Waals surface area contributed by atoms with Crippen molar-refractivity contribution in [2.24, 2.45) is 10.9 Å². The zero-order valence-electron chi connectivity index (χ0n) is 13.9. The minimum absolute atomic E-state index is 0. The third kappa shape index (κ3) is 8.23. The number of nitrogens with one attached hydrogen (secondary N) is 2. The normalized spacial score (nSPS) is 12.3. The average molecular weight is 414 g/mol. The first kappa shape index (κ1) is 20.7. The molecule has 5 heteroatoms. The van der Waals surface area contributed by atoms with Gasteiger partial charge in [-0.05, 0) is 43.4 Å². The highest BCUT2D eigenvalue weighted by atomic mass is 127. The van der Waals surface area contributed by atoms with Gasteiger partial charge >= 0.3 is 0 Å². The van der Waals surface area contributed by atoms with Crippen LogP contribution in [0.3, 0.4) is 0 Å². The molecule has 1 aromatic carbocycles. The van der Waals surface area contributed by atoms with E-state index in [9.17, 15) is 0 Å². The second-order valence-corrected chi connectivity index (χ2v) is 5.75. The lowest BCUT2D eigenvalue weighted by Gasteiger charge is -2.18. The molecule has 1 rings (SSSR count). The van der Waals surface area contributed by atoms with Gasteiger partial charge < -0.3 is 10.6 Å². The van der Waals surface area contributed by atoms with E-state index in [2.05, 4.69) is 42.5 Å². The summed E-state index contributed by atoms with van der Waals surface area (Å²) in [6.07, 6.45) is 2.33. The fourth-order valence-corrected chi connectivity index (χ4v) is 2.02. The molecular weight excluding hydrogens is 387 g/mol. The molecule has 4 nitrogen and oxygen atoms in total. The van der Waals surface area contributed by atoms with E-state index in [0.29, 0.717) is 18.2 Å². The number of halogens is 1. The number of hydrogen-bond acceptors (Lipinski definition) is 2. The lowest BCUT2D eigenvalue weighted by molar-refractivity contribution is 0.489. The fourth-order valence-electron chi connectivity index (χ4n) is 2.02. The van der Waals surface area contributed by atoms with Crippen molar-refractivity contribution in [2.45, 2.75) is 46.2 Å². The summed E-state index contributed by atoms with van der Waals surface area (Å²) in [4.78, 5) is 4.24. The molecule has 0 fully saturated rings. The molecule has 0 saturated carbocycles. The summed E-state index contributed by atoms with van der Waals surface area (Å²) >= 11 is 0. The first-order valence-corrected chi connectivity index (χ1v) is 7.51. The van der Waals surface area contributed by atoms with Crippen molar-refractivity contribution >= 4 is 29.9 Å². The van der Waals surface area contributed by atoms with Crippen LogP contribution < -0.4 is 10.6 Å². The van der Waals surface area contributed by atoms with E-state index in [0.717, 1.165) is 23.9 Å². The molecular formula is C17H27IN4. The summed E-state index contributed by atoms with van der Waals surface area (Å²) in [5.74, 6) is 1.52. The van der Waals surface area contributed by atoms with Crippen LogP contribution in [0.2, 0.25) is 0 Å². The molecule has 1 unspecified atom stereocenters. The maximum absolute atomic E-state index is 8.90. The van der Waals surface area contributed by atoms with Gasteiger partial charge in [-0.25, -0.2) is 0 Å². The average Bonchev–Trinajstić information content (AvgIpc) is 2.49. The topological polar surface area (TPSA) is 60.2 Å². The first-order valence-electron chi connectivity index (χ1n) is 7.51. The van der Waals surface area contributed by atoms with Gasteiger partial charge in [0.05, 0.1) is 11.6 Å². The molecule has 0 radical (unpaired) electrons. The van der Waals surface area contributed by atoms with Crippen molar-refractivity contribution in [2.75, 3.05) is 7.05 Å². The zero-order valence-corrected chi connectivity index (χ0v) is 16.2. The Hall–Kier alpha value is -1.29. The smallest absolute Gasteiger partial charge is 0.191 e. The van der Waals surface area contributed by atoms with Crippen LogP contribution in [0.25, 0.3) is 0 Å². The van der Waals surface area contributed by atoms with Crippen LogP contribution in [0.1, 0.15) is 44.7 Å². The quantitative estimate of drug-likeness (QED) is 0.424. The van der Waals surface area contributed by atoms with Gasteiger partial charge in [-0.2, -0.15) is 5.26 Å². The summed E-state index contributed by atoms with van der Waals surface area (Å²) in [5, 5.41) is 15.6. The summed E-state index contributed by atoms with van der Waals surface area (Å²) in [6.45, 7) is 7.31. The highest BCUT2D eigenvalue weighted by Crippen LogP contribution is 2.06. The Balaban J connectivity index is 0.00000441. The molecule has 0 spiro atoms. The number of guanidine groups is 1. The summed E-state index contributed by atoms with van der Waals surface area (Å²) in [5.41, 5.74) is 1.76. The summed E-state index contributed by atoms with van der Waals surface area (Å²) in [6, 6.07) is 10.2. The number of nitrogens with zero attached hydrogens (tertiary/aromatic N) is 2. The third-order valence-corrected chi connectivity index (χ3v) is 3.30. The summed E-state index contributed by atoms with van der Waals surface area (Å²) in [7, 11) is 1.77.